The number of carboxylic acid groups (broad SMARTS) is 1. The van der Waals surface area contributed by atoms with Crippen molar-refractivity contribution in [2.75, 3.05) is 6.61 Å². The first kappa shape index (κ1) is 26.8. The Labute approximate surface area is 173 Å². The van der Waals surface area contributed by atoms with Crippen molar-refractivity contribution in [1.29, 1.82) is 0 Å². The van der Waals surface area contributed by atoms with Gasteiger partial charge in [-0.1, -0.05) is 109 Å². The number of carboxylic acids is 1. The fourth-order valence-corrected chi connectivity index (χ4v) is 3.33. The van der Waals surface area contributed by atoms with Gasteiger partial charge in [-0.25, -0.2) is 4.79 Å². The molecule has 4 nitrogen and oxygen atoms in total. The van der Waals surface area contributed by atoms with Gasteiger partial charge in [0.25, 0.3) is 0 Å². The van der Waals surface area contributed by atoms with Crippen LogP contribution in [0.2, 0.25) is 0 Å². The summed E-state index contributed by atoms with van der Waals surface area (Å²) >= 11 is 0. The summed E-state index contributed by atoms with van der Waals surface area (Å²) in [5.41, 5.74) is 0.714. The van der Waals surface area contributed by atoms with Gasteiger partial charge in [0.1, 0.15) is 0 Å². The fourth-order valence-electron chi connectivity index (χ4n) is 3.33. The van der Waals surface area contributed by atoms with Crippen molar-refractivity contribution in [3.05, 3.63) is 12.2 Å². The smallest absolute Gasteiger partial charge is 0.340 e. The molecular formula is C24H44O4. The van der Waals surface area contributed by atoms with Gasteiger partial charge in [0.05, 0.1) is 6.61 Å². The molecule has 0 bridgehead atoms. The zero-order valence-corrected chi connectivity index (χ0v) is 18.5. The topological polar surface area (TPSA) is 63.6 Å². The van der Waals surface area contributed by atoms with Crippen molar-refractivity contribution in [3.8, 4) is 0 Å². The SMILES string of the molecule is C=C(C)COC(C(=O)O)C(=O)CCCCCCCCCCCCCCCCC. The summed E-state index contributed by atoms with van der Waals surface area (Å²) in [4.78, 5) is 23.1. The van der Waals surface area contributed by atoms with Gasteiger partial charge in [0.2, 0.25) is 6.10 Å². The van der Waals surface area contributed by atoms with E-state index in [4.69, 9.17) is 9.84 Å². The number of ether oxygens (including phenoxy) is 1. The van der Waals surface area contributed by atoms with Crippen LogP contribution in [-0.4, -0.2) is 29.6 Å². The van der Waals surface area contributed by atoms with Crippen molar-refractivity contribution in [2.24, 2.45) is 0 Å². The van der Waals surface area contributed by atoms with Gasteiger partial charge < -0.3 is 9.84 Å². The summed E-state index contributed by atoms with van der Waals surface area (Å²) in [5, 5.41) is 9.11. The normalized spacial score (nSPS) is 12.1. The van der Waals surface area contributed by atoms with E-state index in [9.17, 15) is 9.59 Å². The maximum atomic E-state index is 12.0. The van der Waals surface area contributed by atoms with E-state index in [1.54, 1.807) is 6.92 Å². The second kappa shape index (κ2) is 19.2. The molecule has 0 heterocycles. The summed E-state index contributed by atoms with van der Waals surface area (Å²) in [5.74, 6) is -1.53. The van der Waals surface area contributed by atoms with Crippen molar-refractivity contribution in [2.45, 2.75) is 123 Å². The Balaban J connectivity index is 3.47. The monoisotopic (exact) mass is 396 g/mol. The van der Waals surface area contributed by atoms with E-state index in [1.165, 1.54) is 77.0 Å². The highest BCUT2D eigenvalue weighted by Gasteiger charge is 2.26. The largest absolute Gasteiger partial charge is 0.479 e. The Morgan fingerprint density at radius 2 is 1.18 bits per heavy atom. The molecule has 1 N–H and O–H groups in total. The molecule has 28 heavy (non-hydrogen) atoms. The number of carbonyl (C=O) groups excluding carboxylic acids is 1. The second-order valence-electron chi connectivity index (χ2n) is 8.15. The van der Waals surface area contributed by atoms with Crippen LogP contribution in [0.5, 0.6) is 0 Å². The van der Waals surface area contributed by atoms with Gasteiger partial charge in [-0.3, -0.25) is 4.79 Å². The molecular weight excluding hydrogens is 352 g/mol. The number of aliphatic carboxylic acids is 1. The third-order valence-corrected chi connectivity index (χ3v) is 5.04. The summed E-state index contributed by atoms with van der Waals surface area (Å²) < 4.78 is 5.15. The van der Waals surface area contributed by atoms with Crippen LogP contribution < -0.4 is 0 Å². The van der Waals surface area contributed by atoms with Crippen LogP contribution in [0.3, 0.4) is 0 Å². The zero-order chi connectivity index (χ0) is 21.0. The van der Waals surface area contributed by atoms with Crippen molar-refractivity contribution < 1.29 is 19.4 Å². The summed E-state index contributed by atoms with van der Waals surface area (Å²) in [6.45, 7) is 7.78. The van der Waals surface area contributed by atoms with E-state index in [0.717, 1.165) is 19.3 Å². The van der Waals surface area contributed by atoms with Gasteiger partial charge in [0, 0.05) is 6.42 Å². The van der Waals surface area contributed by atoms with Crippen LogP contribution in [0.15, 0.2) is 12.2 Å². The third-order valence-electron chi connectivity index (χ3n) is 5.04. The van der Waals surface area contributed by atoms with Gasteiger partial charge in [-0.2, -0.15) is 0 Å². The molecule has 0 aliphatic heterocycles. The highest BCUT2D eigenvalue weighted by molar-refractivity contribution is 6.01. The maximum Gasteiger partial charge on any atom is 0.340 e. The number of hydrogen-bond donors (Lipinski definition) is 1. The lowest BCUT2D eigenvalue weighted by Crippen LogP contribution is -2.33. The Kier molecular flexibility index (Phi) is 18.4. The highest BCUT2D eigenvalue weighted by Crippen LogP contribution is 2.14. The number of ketones is 1. The lowest BCUT2D eigenvalue weighted by atomic mass is 10.0. The summed E-state index contributed by atoms with van der Waals surface area (Å²) in [6, 6.07) is 0. The van der Waals surface area contributed by atoms with E-state index in [-0.39, 0.29) is 18.8 Å². The van der Waals surface area contributed by atoms with Crippen LogP contribution in [0.1, 0.15) is 117 Å². The zero-order valence-electron chi connectivity index (χ0n) is 18.5. The second-order valence-corrected chi connectivity index (χ2v) is 8.15. The molecule has 0 aromatic heterocycles. The molecule has 164 valence electrons. The first-order valence-corrected chi connectivity index (χ1v) is 11.5. The molecule has 0 radical (unpaired) electrons. The molecule has 0 aliphatic carbocycles. The first-order chi connectivity index (χ1) is 13.5. The molecule has 0 spiro atoms. The number of unbranched alkanes of at least 4 members (excludes halogenated alkanes) is 14. The van der Waals surface area contributed by atoms with E-state index < -0.39 is 12.1 Å². The van der Waals surface area contributed by atoms with Gasteiger partial charge in [-0.15, -0.1) is 0 Å². The highest BCUT2D eigenvalue weighted by atomic mass is 16.5. The Hall–Kier alpha value is -1.16. The van der Waals surface area contributed by atoms with Crippen LogP contribution >= 0.6 is 0 Å². The molecule has 0 aliphatic rings. The van der Waals surface area contributed by atoms with Crippen LogP contribution in [-0.2, 0) is 14.3 Å². The summed E-state index contributed by atoms with van der Waals surface area (Å²) in [6.07, 6.45) is 18.0. The van der Waals surface area contributed by atoms with E-state index in [2.05, 4.69) is 13.5 Å². The third kappa shape index (κ3) is 17.0. The average Bonchev–Trinajstić information content (AvgIpc) is 2.64. The predicted molar refractivity (Wildman–Crippen MR) is 117 cm³/mol. The number of Topliss-reactive ketones (excluding diaryl/α,β-unsaturated/α-hetero) is 1. The fraction of sp³-hybridized carbons (Fsp3) is 0.833. The first-order valence-electron chi connectivity index (χ1n) is 11.5. The molecule has 0 aromatic rings. The molecule has 0 saturated heterocycles. The lowest BCUT2D eigenvalue weighted by molar-refractivity contribution is -0.155. The molecule has 0 aromatic carbocycles. The summed E-state index contributed by atoms with van der Waals surface area (Å²) in [7, 11) is 0. The minimum absolute atomic E-state index is 0.113. The van der Waals surface area contributed by atoms with E-state index >= 15 is 0 Å². The average molecular weight is 397 g/mol. The van der Waals surface area contributed by atoms with Gasteiger partial charge >= 0.3 is 5.97 Å². The molecule has 1 unspecified atom stereocenters. The quantitative estimate of drug-likeness (QED) is 0.131. The molecule has 0 fully saturated rings. The van der Waals surface area contributed by atoms with E-state index in [1.807, 2.05) is 0 Å². The van der Waals surface area contributed by atoms with Crippen molar-refractivity contribution in [3.63, 3.8) is 0 Å². The minimum Gasteiger partial charge on any atom is -0.479 e. The number of carbonyl (C=O) groups is 2. The lowest BCUT2D eigenvalue weighted by Gasteiger charge is -2.12. The number of hydrogen-bond acceptors (Lipinski definition) is 3. The Bertz CT molecular complexity index is 417. The molecule has 1 atom stereocenters. The van der Waals surface area contributed by atoms with Gasteiger partial charge in [-0.05, 0) is 13.3 Å². The Morgan fingerprint density at radius 1 is 0.786 bits per heavy atom. The molecule has 0 rings (SSSR count). The predicted octanol–water partition coefficient (Wildman–Crippen LogP) is 6.86. The van der Waals surface area contributed by atoms with Crippen LogP contribution in [0.4, 0.5) is 0 Å². The van der Waals surface area contributed by atoms with Crippen LogP contribution in [0.25, 0.3) is 0 Å². The maximum absolute atomic E-state index is 12.0. The van der Waals surface area contributed by atoms with Crippen molar-refractivity contribution >= 4 is 11.8 Å². The standard InChI is InChI=1S/C24H44O4/c1-4-5-6-7-8-9-10-11-12-13-14-15-16-17-18-19-22(25)23(24(26)27)28-20-21(2)3/h23H,2,4-20H2,1,3H3,(H,26,27). The van der Waals surface area contributed by atoms with E-state index in [0.29, 0.717) is 5.57 Å². The van der Waals surface area contributed by atoms with Crippen LogP contribution in [0, 0.1) is 0 Å². The number of rotatable bonds is 21. The Morgan fingerprint density at radius 3 is 1.54 bits per heavy atom. The van der Waals surface area contributed by atoms with Gasteiger partial charge in [0.15, 0.2) is 5.78 Å². The van der Waals surface area contributed by atoms with Crippen molar-refractivity contribution in [1.82, 2.24) is 0 Å². The molecule has 4 heteroatoms. The minimum atomic E-state index is -1.34. The molecule has 0 saturated carbocycles. The molecule has 0 amide bonds.